The number of carbonyl (C=O) groups excluding carboxylic acids is 1. The molecule has 0 bridgehead atoms. The summed E-state index contributed by atoms with van der Waals surface area (Å²) in [5, 5.41) is 13.9. The zero-order valence-corrected chi connectivity index (χ0v) is 12.0. The van der Waals surface area contributed by atoms with Crippen molar-refractivity contribution >= 4 is 23.2 Å². The largest absolute Gasteiger partial charge is 0.438 e. The summed E-state index contributed by atoms with van der Waals surface area (Å²) in [5.74, 6) is -1.04. The number of aliphatic hydroxyl groups is 1. The van der Waals surface area contributed by atoms with Gasteiger partial charge in [0.1, 0.15) is 0 Å². The molecule has 1 unspecified atom stereocenters. The number of hydrazone groups is 1. The van der Waals surface area contributed by atoms with E-state index in [4.69, 9.17) is 11.6 Å². The number of hydrogen-bond donors (Lipinski definition) is 1. The molecule has 1 N–H and O–H groups in total. The Morgan fingerprint density at radius 1 is 1.43 bits per heavy atom. The summed E-state index contributed by atoms with van der Waals surface area (Å²) in [6.45, 7) is 2.94. The highest BCUT2D eigenvalue weighted by atomic mass is 35.5. The molecule has 21 heavy (non-hydrogen) atoms. The highest BCUT2D eigenvalue weighted by Crippen LogP contribution is 2.40. The van der Waals surface area contributed by atoms with Crippen LogP contribution >= 0.6 is 11.6 Å². The fourth-order valence-electron chi connectivity index (χ4n) is 2.05. The summed E-state index contributed by atoms with van der Waals surface area (Å²) in [7, 11) is 0. The lowest BCUT2D eigenvalue weighted by atomic mass is 10.1. The quantitative estimate of drug-likeness (QED) is 0.864. The summed E-state index contributed by atoms with van der Waals surface area (Å²) in [6, 6.07) is 4.05. The Balaban J connectivity index is 2.43. The van der Waals surface area contributed by atoms with Crippen LogP contribution in [0.2, 0.25) is 5.02 Å². The first-order valence-electron chi connectivity index (χ1n) is 6.00. The van der Waals surface area contributed by atoms with Gasteiger partial charge in [-0.1, -0.05) is 11.6 Å². The molecule has 0 aromatic heterocycles. The molecule has 1 aliphatic rings. The van der Waals surface area contributed by atoms with Crippen molar-refractivity contribution in [3.63, 3.8) is 0 Å². The molecule has 4 nitrogen and oxygen atoms in total. The number of carbonyl (C=O) groups is 1. The average molecular weight is 321 g/mol. The van der Waals surface area contributed by atoms with Crippen LogP contribution in [0.15, 0.2) is 23.3 Å². The van der Waals surface area contributed by atoms with Gasteiger partial charge in [0.05, 0.1) is 0 Å². The molecule has 0 radical (unpaired) electrons. The van der Waals surface area contributed by atoms with Gasteiger partial charge in [-0.15, -0.1) is 0 Å². The fraction of sp³-hybridized carbons (Fsp3) is 0.385. The van der Waals surface area contributed by atoms with E-state index in [0.717, 1.165) is 0 Å². The second kappa shape index (κ2) is 4.99. The lowest BCUT2D eigenvalue weighted by Gasteiger charge is -2.32. The number of aryl methyl sites for hydroxylation is 1. The molecule has 0 saturated carbocycles. The van der Waals surface area contributed by atoms with Gasteiger partial charge in [0.15, 0.2) is 0 Å². The third kappa shape index (κ3) is 2.63. The predicted molar refractivity (Wildman–Crippen MR) is 71.1 cm³/mol. The Labute approximate surface area is 123 Å². The van der Waals surface area contributed by atoms with Crippen LogP contribution in [0.3, 0.4) is 0 Å². The van der Waals surface area contributed by atoms with Gasteiger partial charge in [-0.2, -0.15) is 23.3 Å². The van der Waals surface area contributed by atoms with E-state index in [1.54, 1.807) is 6.92 Å². The van der Waals surface area contributed by atoms with Crippen LogP contribution in [0, 0.1) is 6.92 Å². The summed E-state index contributed by atoms with van der Waals surface area (Å²) in [5.41, 5.74) is -2.79. The molecule has 1 aromatic carbocycles. The zero-order valence-electron chi connectivity index (χ0n) is 11.2. The third-order valence-electron chi connectivity index (χ3n) is 3.17. The maximum Gasteiger partial charge on any atom is 0.438 e. The topological polar surface area (TPSA) is 52.9 Å². The van der Waals surface area contributed by atoms with Gasteiger partial charge >= 0.3 is 6.18 Å². The molecule has 114 valence electrons. The molecule has 1 aromatic rings. The fourth-order valence-corrected chi connectivity index (χ4v) is 2.17. The van der Waals surface area contributed by atoms with Crippen LogP contribution in [-0.2, 0) is 0 Å². The number of rotatable bonds is 1. The van der Waals surface area contributed by atoms with Crippen molar-refractivity contribution < 1.29 is 23.1 Å². The Morgan fingerprint density at radius 3 is 2.57 bits per heavy atom. The molecule has 8 heteroatoms. The molecule has 2 rings (SSSR count). The first-order chi connectivity index (χ1) is 9.56. The molecular weight excluding hydrogens is 309 g/mol. The molecule has 0 fully saturated rings. The van der Waals surface area contributed by atoms with Gasteiger partial charge in [-0.3, -0.25) is 4.79 Å². The Bertz CT molecular complexity index is 630. The molecular formula is C13H12ClF3N2O2. The third-order valence-corrected chi connectivity index (χ3v) is 3.60. The van der Waals surface area contributed by atoms with Crippen LogP contribution in [-0.4, -0.2) is 33.6 Å². The lowest BCUT2D eigenvalue weighted by molar-refractivity contribution is -0.297. The van der Waals surface area contributed by atoms with E-state index >= 15 is 0 Å². The van der Waals surface area contributed by atoms with Crippen LogP contribution in [0.4, 0.5) is 13.2 Å². The number of hydrogen-bond acceptors (Lipinski definition) is 3. The minimum Gasteiger partial charge on any atom is -0.362 e. The van der Waals surface area contributed by atoms with Gasteiger partial charge < -0.3 is 5.11 Å². The Hall–Kier alpha value is -1.60. The van der Waals surface area contributed by atoms with E-state index < -0.39 is 24.2 Å². The van der Waals surface area contributed by atoms with E-state index in [-0.39, 0.29) is 16.3 Å². The molecule has 1 heterocycles. The summed E-state index contributed by atoms with van der Waals surface area (Å²) in [6.07, 6.45) is -5.78. The molecule has 1 amide bonds. The van der Waals surface area contributed by atoms with Crippen LogP contribution in [0.5, 0.6) is 0 Å². The molecule has 0 saturated heterocycles. The van der Waals surface area contributed by atoms with Crippen LogP contribution in [0.1, 0.15) is 29.3 Å². The average Bonchev–Trinajstić information content (AvgIpc) is 2.68. The Kier molecular flexibility index (Phi) is 3.75. The van der Waals surface area contributed by atoms with Gasteiger partial charge in [-0.25, -0.2) is 0 Å². The second-order valence-electron chi connectivity index (χ2n) is 4.91. The van der Waals surface area contributed by atoms with Crippen molar-refractivity contribution in [1.82, 2.24) is 5.01 Å². The van der Waals surface area contributed by atoms with Gasteiger partial charge in [-0.05, 0) is 37.6 Å². The zero-order chi connectivity index (χ0) is 16.0. The number of halogens is 4. The molecule has 0 spiro atoms. The second-order valence-corrected chi connectivity index (χ2v) is 5.31. The number of alkyl halides is 3. The maximum absolute atomic E-state index is 13.0. The molecule has 0 aliphatic carbocycles. The Morgan fingerprint density at radius 2 is 2.05 bits per heavy atom. The summed E-state index contributed by atoms with van der Waals surface area (Å²) >= 11 is 5.81. The lowest BCUT2D eigenvalue weighted by Crippen LogP contribution is -2.56. The van der Waals surface area contributed by atoms with Crippen LogP contribution < -0.4 is 0 Å². The van der Waals surface area contributed by atoms with Gasteiger partial charge in [0.2, 0.25) is 0 Å². The summed E-state index contributed by atoms with van der Waals surface area (Å²) in [4.78, 5) is 12.2. The SMILES string of the molecule is CC1=NN(C(=O)c2ccc(Cl)c(C)c2)C(O)(C(F)(F)F)C1. The number of benzene rings is 1. The highest BCUT2D eigenvalue weighted by molar-refractivity contribution is 6.31. The standard InChI is InChI=1S/C13H12ClF3N2O2/c1-7-5-9(3-4-10(7)14)11(20)19-12(21,13(15,16)17)6-8(2)18-19/h3-5,21H,6H2,1-2H3. The van der Waals surface area contributed by atoms with E-state index in [1.807, 2.05) is 0 Å². The van der Waals surface area contributed by atoms with E-state index in [2.05, 4.69) is 5.10 Å². The number of nitrogens with zero attached hydrogens (tertiary/aromatic N) is 2. The molecule has 1 aliphatic heterocycles. The van der Waals surface area contributed by atoms with Crippen molar-refractivity contribution in [2.45, 2.75) is 32.2 Å². The minimum atomic E-state index is -5.01. The minimum absolute atomic E-state index is 0.0221. The van der Waals surface area contributed by atoms with Gasteiger partial charge in [0.25, 0.3) is 11.6 Å². The van der Waals surface area contributed by atoms with Crippen molar-refractivity contribution in [2.24, 2.45) is 5.10 Å². The monoisotopic (exact) mass is 320 g/mol. The molecule has 1 atom stereocenters. The van der Waals surface area contributed by atoms with E-state index in [1.165, 1.54) is 25.1 Å². The van der Waals surface area contributed by atoms with Crippen molar-refractivity contribution in [3.8, 4) is 0 Å². The van der Waals surface area contributed by atoms with Crippen molar-refractivity contribution in [2.75, 3.05) is 0 Å². The smallest absolute Gasteiger partial charge is 0.362 e. The number of amides is 1. The maximum atomic E-state index is 13.0. The van der Waals surface area contributed by atoms with Crippen molar-refractivity contribution in [1.29, 1.82) is 0 Å². The van der Waals surface area contributed by atoms with Gasteiger partial charge in [0, 0.05) is 22.7 Å². The van der Waals surface area contributed by atoms with Crippen LogP contribution in [0.25, 0.3) is 0 Å². The highest BCUT2D eigenvalue weighted by Gasteiger charge is 2.62. The normalized spacial score (nSPS) is 22.4. The first-order valence-corrected chi connectivity index (χ1v) is 6.38. The summed E-state index contributed by atoms with van der Waals surface area (Å²) < 4.78 is 39.1. The van der Waals surface area contributed by atoms with E-state index in [0.29, 0.717) is 10.6 Å². The predicted octanol–water partition coefficient (Wildman–Crippen LogP) is 3.12. The van der Waals surface area contributed by atoms with E-state index in [9.17, 15) is 23.1 Å². The van der Waals surface area contributed by atoms with Crippen molar-refractivity contribution in [3.05, 3.63) is 34.3 Å². The first kappa shape index (κ1) is 15.8.